The van der Waals surface area contributed by atoms with Crippen molar-refractivity contribution in [1.29, 1.82) is 0 Å². The molecule has 1 unspecified atom stereocenters. The van der Waals surface area contributed by atoms with Gasteiger partial charge in [0.05, 0.1) is 12.1 Å². The lowest BCUT2D eigenvalue weighted by Crippen LogP contribution is -2.23. The maximum atomic E-state index is 10.8. The second-order valence-electron chi connectivity index (χ2n) is 4.03. The van der Waals surface area contributed by atoms with Gasteiger partial charge in [-0.05, 0) is 18.8 Å². The first-order chi connectivity index (χ1) is 7.27. The fourth-order valence-electron chi connectivity index (χ4n) is 2.05. The van der Waals surface area contributed by atoms with Crippen LogP contribution in [0.25, 0.3) is 0 Å². The van der Waals surface area contributed by atoms with E-state index in [4.69, 9.17) is 5.11 Å². The van der Waals surface area contributed by atoms with Crippen molar-refractivity contribution in [2.75, 3.05) is 0 Å². The summed E-state index contributed by atoms with van der Waals surface area (Å²) in [5.74, 6) is -0.222. The number of nitrogens with zero attached hydrogens (tertiary/aromatic N) is 2. The molecule has 0 spiro atoms. The van der Waals surface area contributed by atoms with Gasteiger partial charge >= 0.3 is 5.97 Å². The van der Waals surface area contributed by atoms with Gasteiger partial charge in [0.2, 0.25) is 0 Å². The number of aromatic nitrogens is 2. The van der Waals surface area contributed by atoms with E-state index in [-0.39, 0.29) is 12.3 Å². The van der Waals surface area contributed by atoms with Crippen LogP contribution in [0.3, 0.4) is 0 Å². The molecule has 1 fully saturated rings. The fraction of sp³-hybridized carbons (Fsp3) is 0.545. The lowest BCUT2D eigenvalue weighted by molar-refractivity contribution is -0.138. The van der Waals surface area contributed by atoms with Gasteiger partial charge in [-0.25, -0.2) is 0 Å². The van der Waals surface area contributed by atoms with Gasteiger partial charge in [-0.15, -0.1) is 0 Å². The summed E-state index contributed by atoms with van der Waals surface area (Å²) < 4.78 is 0. The SMILES string of the molecule is O=C(O)CC(c1cnccn1)C1CCC1. The highest BCUT2D eigenvalue weighted by Gasteiger charge is 2.31. The smallest absolute Gasteiger partial charge is 0.304 e. The highest BCUT2D eigenvalue weighted by Crippen LogP contribution is 2.40. The Morgan fingerprint density at radius 3 is 2.80 bits per heavy atom. The van der Waals surface area contributed by atoms with Crippen LogP contribution in [0.4, 0.5) is 0 Å². The van der Waals surface area contributed by atoms with Crippen molar-refractivity contribution in [1.82, 2.24) is 9.97 Å². The zero-order valence-corrected chi connectivity index (χ0v) is 8.47. The van der Waals surface area contributed by atoms with Gasteiger partial charge in [0, 0.05) is 24.5 Å². The van der Waals surface area contributed by atoms with Crippen LogP contribution in [0, 0.1) is 5.92 Å². The van der Waals surface area contributed by atoms with E-state index in [2.05, 4.69) is 9.97 Å². The average Bonchev–Trinajstić information content (AvgIpc) is 2.15. The molecule has 0 aliphatic heterocycles. The summed E-state index contributed by atoms with van der Waals surface area (Å²) in [7, 11) is 0. The Bertz CT molecular complexity index is 336. The third-order valence-electron chi connectivity index (χ3n) is 3.08. The molecule has 4 nitrogen and oxygen atoms in total. The van der Waals surface area contributed by atoms with Gasteiger partial charge in [0.15, 0.2) is 0 Å². The number of carbonyl (C=O) groups is 1. The molecular weight excluding hydrogens is 192 g/mol. The molecule has 1 heterocycles. The van der Waals surface area contributed by atoms with Crippen molar-refractivity contribution in [3.63, 3.8) is 0 Å². The first-order valence-corrected chi connectivity index (χ1v) is 5.25. The summed E-state index contributed by atoms with van der Waals surface area (Å²) >= 11 is 0. The maximum Gasteiger partial charge on any atom is 0.304 e. The highest BCUT2D eigenvalue weighted by atomic mass is 16.4. The number of rotatable bonds is 4. The summed E-state index contributed by atoms with van der Waals surface area (Å²) in [6, 6.07) is 0. The van der Waals surface area contributed by atoms with Crippen LogP contribution < -0.4 is 0 Å². The number of carboxylic acids is 1. The molecule has 1 aliphatic rings. The predicted octanol–water partition coefficient (Wildman–Crippen LogP) is 1.83. The van der Waals surface area contributed by atoms with Crippen molar-refractivity contribution in [3.8, 4) is 0 Å². The van der Waals surface area contributed by atoms with Crippen LogP contribution in [0.5, 0.6) is 0 Å². The molecule has 2 rings (SSSR count). The van der Waals surface area contributed by atoms with E-state index in [1.807, 2.05) is 0 Å². The van der Waals surface area contributed by atoms with Gasteiger partial charge in [-0.1, -0.05) is 6.42 Å². The van der Waals surface area contributed by atoms with Crippen molar-refractivity contribution in [2.45, 2.75) is 31.6 Å². The second-order valence-corrected chi connectivity index (χ2v) is 4.03. The molecule has 1 aromatic heterocycles. The molecular formula is C11H14N2O2. The Morgan fingerprint density at radius 1 is 1.53 bits per heavy atom. The number of aliphatic carboxylic acids is 1. The molecule has 4 heteroatoms. The van der Waals surface area contributed by atoms with E-state index in [0.29, 0.717) is 5.92 Å². The highest BCUT2D eigenvalue weighted by molar-refractivity contribution is 5.68. The van der Waals surface area contributed by atoms with Crippen LogP contribution >= 0.6 is 0 Å². The van der Waals surface area contributed by atoms with E-state index in [1.165, 1.54) is 6.42 Å². The molecule has 1 saturated carbocycles. The number of carboxylic acid groups (broad SMARTS) is 1. The van der Waals surface area contributed by atoms with Gasteiger partial charge < -0.3 is 5.11 Å². The van der Waals surface area contributed by atoms with Crippen molar-refractivity contribution >= 4 is 5.97 Å². The third kappa shape index (κ3) is 2.32. The molecule has 15 heavy (non-hydrogen) atoms. The summed E-state index contributed by atoms with van der Waals surface area (Å²) in [6.07, 6.45) is 8.55. The van der Waals surface area contributed by atoms with E-state index >= 15 is 0 Å². The molecule has 1 aliphatic carbocycles. The monoisotopic (exact) mass is 206 g/mol. The quantitative estimate of drug-likeness (QED) is 0.816. The fourth-order valence-corrected chi connectivity index (χ4v) is 2.05. The number of hydrogen-bond acceptors (Lipinski definition) is 3. The number of hydrogen-bond donors (Lipinski definition) is 1. The molecule has 1 N–H and O–H groups in total. The van der Waals surface area contributed by atoms with E-state index in [1.54, 1.807) is 18.6 Å². The average molecular weight is 206 g/mol. The minimum absolute atomic E-state index is 0.0462. The van der Waals surface area contributed by atoms with Crippen LogP contribution in [0.2, 0.25) is 0 Å². The molecule has 1 aromatic rings. The summed E-state index contributed by atoms with van der Waals surface area (Å²) in [5.41, 5.74) is 0.824. The van der Waals surface area contributed by atoms with Crippen molar-refractivity contribution in [2.24, 2.45) is 5.92 Å². The lowest BCUT2D eigenvalue weighted by Gasteiger charge is -2.32. The van der Waals surface area contributed by atoms with E-state index in [0.717, 1.165) is 18.5 Å². The van der Waals surface area contributed by atoms with Crippen LogP contribution in [-0.4, -0.2) is 21.0 Å². The summed E-state index contributed by atoms with van der Waals surface area (Å²) in [6.45, 7) is 0. The van der Waals surface area contributed by atoms with Gasteiger partial charge in [0.1, 0.15) is 0 Å². The standard InChI is InChI=1S/C11H14N2O2/c14-11(15)6-9(8-2-1-3-8)10-7-12-4-5-13-10/h4-5,7-9H,1-3,6H2,(H,14,15). The van der Waals surface area contributed by atoms with Gasteiger partial charge in [0.25, 0.3) is 0 Å². The Hall–Kier alpha value is -1.45. The Balaban J connectivity index is 2.14. The summed E-state index contributed by atoms with van der Waals surface area (Å²) in [5, 5.41) is 8.87. The Morgan fingerprint density at radius 2 is 2.33 bits per heavy atom. The largest absolute Gasteiger partial charge is 0.481 e. The molecule has 0 bridgehead atoms. The summed E-state index contributed by atoms with van der Waals surface area (Å²) in [4.78, 5) is 19.0. The second kappa shape index (κ2) is 4.38. The third-order valence-corrected chi connectivity index (χ3v) is 3.08. The van der Waals surface area contributed by atoms with Crippen molar-refractivity contribution < 1.29 is 9.90 Å². The minimum Gasteiger partial charge on any atom is -0.481 e. The van der Waals surface area contributed by atoms with E-state index in [9.17, 15) is 4.79 Å². The maximum absolute atomic E-state index is 10.8. The first kappa shape index (κ1) is 10.1. The van der Waals surface area contributed by atoms with Crippen molar-refractivity contribution in [3.05, 3.63) is 24.3 Å². The molecule has 0 aromatic carbocycles. The van der Waals surface area contributed by atoms with Crippen LogP contribution in [-0.2, 0) is 4.79 Å². The predicted molar refractivity (Wildman–Crippen MR) is 54.4 cm³/mol. The zero-order chi connectivity index (χ0) is 10.7. The van der Waals surface area contributed by atoms with Gasteiger partial charge in [-0.3, -0.25) is 14.8 Å². The molecule has 0 amide bonds. The van der Waals surface area contributed by atoms with Gasteiger partial charge in [-0.2, -0.15) is 0 Å². The lowest BCUT2D eigenvalue weighted by atomic mass is 9.73. The van der Waals surface area contributed by atoms with Crippen LogP contribution in [0.15, 0.2) is 18.6 Å². The zero-order valence-electron chi connectivity index (χ0n) is 8.47. The van der Waals surface area contributed by atoms with E-state index < -0.39 is 5.97 Å². The first-order valence-electron chi connectivity index (χ1n) is 5.25. The Kier molecular flexibility index (Phi) is 2.94. The van der Waals surface area contributed by atoms with Crippen LogP contribution in [0.1, 0.15) is 37.3 Å². The topological polar surface area (TPSA) is 63.1 Å². The molecule has 1 atom stereocenters. The molecule has 80 valence electrons. The minimum atomic E-state index is -0.752. The molecule has 0 radical (unpaired) electrons. The normalized spacial score (nSPS) is 18.1. The Labute approximate surface area is 88.4 Å². The molecule has 0 saturated heterocycles.